The molecular formula is C17H26ClNO4S. The van der Waals surface area contributed by atoms with E-state index >= 15 is 0 Å². The number of ether oxygens (including phenoxy) is 2. The lowest BCUT2D eigenvalue weighted by Crippen LogP contribution is -2.32. The van der Waals surface area contributed by atoms with Gasteiger partial charge in [0.25, 0.3) is 0 Å². The molecular weight excluding hydrogens is 350 g/mol. The zero-order chi connectivity index (χ0) is 17.6. The molecule has 136 valence electrons. The fraction of sp³-hybridized carbons (Fsp3) is 0.647. The highest BCUT2D eigenvalue weighted by Gasteiger charge is 2.24. The van der Waals surface area contributed by atoms with E-state index in [4.69, 9.17) is 21.1 Å². The molecule has 0 spiro atoms. The maximum Gasteiger partial charge on any atom is 0.244 e. The third-order valence-electron chi connectivity index (χ3n) is 4.04. The highest BCUT2D eigenvalue weighted by molar-refractivity contribution is 7.89. The van der Waals surface area contributed by atoms with Gasteiger partial charge in [-0.3, -0.25) is 0 Å². The molecule has 0 bridgehead atoms. The average molecular weight is 376 g/mol. The smallest absolute Gasteiger partial charge is 0.244 e. The molecule has 0 amide bonds. The number of hydrogen-bond acceptors (Lipinski definition) is 4. The summed E-state index contributed by atoms with van der Waals surface area (Å²) in [5, 5.41) is 0.411. The Morgan fingerprint density at radius 2 is 2.17 bits per heavy atom. The Labute approximate surface area is 149 Å². The van der Waals surface area contributed by atoms with Crippen LogP contribution >= 0.6 is 11.6 Å². The number of rotatable bonds is 9. The topological polar surface area (TPSA) is 64.6 Å². The molecule has 0 aromatic heterocycles. The van der Waals surface area contributed by atoms with Crippen LogP contribution < -0.4 is 9.46 Å². The number of halogens is 1. The van der Waals surface area contributed by atoms with Crippen LogP contribution in [-0.4, -0.2) is 34.3 Å². The third kappa shape index (κ3) is 5.34. The molecule has 1 aliphatic heterocycles. The molecule has 0 radical (unpaired) electrons. The van der Waals surface area contributed by atoms with Crippen LogP contribution in [0.3, 0.4) is 0 Å². The lowest BCUT2D eigenvalue weighted by molar-refractivity contribution is 0.114. The molecule has 1 aromatic carbocycles. The Morgan fingerprint density at radius 3 is 2.83 bits per heavy atom. The number of unbranched alkanes of at least 4 members (excludes halogenated alkanes) is 2. The van der Waals surface area contributed by atoms with Crippen LogP contribution in [0.2, 0.25) is 5.02 Å². The lowest BCUT2D eigenvalue weighted by Gasteiger charge is -2.16. The molecule has 1 fully saturated rings. The number of benzene rings is 1. The van der Waals surface area contributed by atoms with E-state index in [9.17, 15) is 8.42 Å². The van der Waals surface area contributed by atoms with Gasteiger partial charge in [-0.05, 0) is 43.9 Å². The van der Waals surface area contributed by atoms with Gasteiger partial charge in [-0.2, -0.15) is 0 Å². The van der Waals surface area contributed by atoms with E-state index in [-0.39, 0.29) is 17.5 Å². The van der Waals surface area contributed by atoms with Crippen molar-refractivity contribution < 1.29 is 17.9 Å². The second kappa shape index (κ2) is 9.04. The van der Waals surface area contributed by atoms with E-state index in [2.05, 4.69) is 11.6 Å². The van der Waals surface area contributed by atoms with Crippen molar-refractivity contribution in [1.82, 2.24) is 4.72 Å². The van der Waals surface area contributed by atoms with Crippen LogP contribution in [0.1, 0.15) is 44.6 Å². The monoisotopic (exact) mass is 375 g/mol. The van der Waals surface area contributed by atoms with Crippen molar-refractivity contribution in [3.8, 4) is 5.75 Å². The van der Waals surface area contributed by atoms with Gasteiger partial charge in [0.1, 0.15) is 10.6 Å². The molecule has 1 atom stereocenters. The number of hydrogen-bond donors (Lipinski definition) is 1. The molecule has 1 saturated heterocycles. The molecule has 0 unspecified atom stereocenters. The van der Waals surface area contributed by atoms with Crippen molar-refractivity contribution in [2.45, 2.75) is 57.0 Å². The van der Waals surface area contributed by atoms with Gasteiger partial charge in [-0.25, -0.2) is 13.1 Å². The molecule has 1 aliphatic rings. The first-order valence-electron chi connectivity index (χ1n) is 8.48. The average Bonchev–Trinajstić information content (AvgIpc) is 3.06. The van der Waals surface area contributed by atoms with Gasteiger partial charge >= 0.3 is 0 Å². The maximum atomic E-state index is 12.7. The van der Waals surface area contributed by atoms with Gasteiger partial charge in [0, 0.05) is 18.2 Å². The summed E-state index contributed by atoms with van der Waals surface area (Å²) in [5.41, 5.74) is 0.792. The predicted molar refractivity (Wildman–Crippen MR) is 95.4 cm³/mol. The van der Waals surface area contributed by atoms with Gasteiger partial charge in [0.15, 0.2) is 0 Å². The van der Waals surface area contributed by atoms with Crippen molar-refractivity contribution >= 4 is 21.6 Å². The van der Waals surface area contributed by atoms with Crippen LogP contribution in [0.15, 0.2) is 17.0 Å². The molecule has 7 heteroatoms. The molecule has 1 heterocycles. The maximum absolute atomic E-state index is 12.7. The van der Waals surface area contributed by atoms with Crippen LogP contribution in [0.25, 0.3) is 0 Å². The molecule has 5 nitrogen and oxygen atoms in total. The predicted octanol–water partition coefficient (Wildman–Crippen LogP) is 3.67. The van der Waals surface area contributed by atoms with E-state index in [0.29, 0.717) is 24.0 Å². The standard InChI is InChI=1S/C17H26ClNO4S/c1-3-4-5-8-23-16-10-13(2)15(18)11-17(16)24(20,21)19-12-14-7-6-9-22-14/h10-11,14,19H,3-9,12H2,1-2H3/t14-/m1/s1. The number of nitrogens with one attached hydrogen (secondary N) is 1. The molecule has 0 aliphatic carbocycles. The Kier molecular flexibility index (Phi) is 7.34. The first kappa shape index (κ1) is 19.5. The van der Waals surface area contributed by atoms with Crippen molar-refractivity contribution in [1.29, 1.82) is 0 Å². The summed E-state index contributed by atoms with van der Waals surface area (Å²) < 4.78 is 39.1. The van der Waals surface area contributed by atoms with Crippen LogP contribution in [0.5, 0.6) is 5.75 Å². The summed E-state index contributed by atoms with van der Waals surface area (Å²) in [6.07, 6.45) is 4.80. The zero-order valence-corrected chi connectivity index (χ0v) is 15.9. The highest BCUT2D eigenvalue weighted by atomic mass is 35.5. The summed E-state index contributed by atoms with van der Waals surface area (Å²) in [4.78, 5) is 0.0904. The van der Waals surface area contributed by atoms with Crippen molar-refractivity contribution in [3.63, 3.8) is 0 Å². The minimum atomic E-state index is -3.70. The van der Waals surface area contributed by atoms with Crippen LogP contribution in [0, 0.1) is 6.92 Å². The summed E-state index contributed by atoms with van der Waals surface area (Å²) in [7, 11) is -3.70. The van der Waals surface area contributed by atoms with Gasteiger partial charge in [-0.15, -0.1) is 0 Å². The highest BCUT2D eigenvalue weighted by Crippen LogP contribution is 2.30. The second-order valence-electron chi connectivity index (χ2n) is 6.09. The van der Waals surface area contributed by atoms with Crippen LogP contribution in [0.4, 0.5) is 0 Å². The zero-order valence-electron chi connectivity index (χ0n) is 14.3. The van der Waals surface area contributed by atoms with E-state index in [1.54, 1.807) is 6.07 Å². The van der Waals surface area contributed by atoms with E-state index in [0.717, 1.165) is 37.7 Å². The Bertz CT molecular complexity index is 642. The van der Waals surface area contributed by atoms with Gasteiger partial charge < -0.3 is 9.47 Å². The number of aryl methyl sites for hydroxylation is 1. The summed E-state index contributed by atoms with van der Waals surface area (Å²) in [6, 6.07) is 3.15. The van der Waals surface area contributed by atoms with Gasteiger partial charge in [0.05, 0.1) is 12.7 Å². The lowest BCUT2D eigenvalue weighted by atomic mass is 10.2. The van der Waals surface area contributed by atoms with Crippen molar-refractivity contribution in [2.24, 2.45) is 0 Å². The van der Waals surface area contributed by atoms with Gasteiger partial charge in [-0.1, -0.05) is 31.4 Å². The van der Waals surface area contributed by atoms with E-state index < -0.39 is 10.0 Å². The van der Waals surface area contributed by atoms with Crippen molar-refractivity contribution in [2.75, 3.05) is 19.8 Å². The Hall–Kier alpha value is -0.820. The number of sulfonamides is 1. The minimum Gasteiger partial charge on any atom is -0.492 e. The second-order valence-corrected chi connectivity index (χ2v) is 8.23. The first-order valence-corrected chi connectivity index (χ1v) is 10.3. The fourth-order valence-electron chi connectivity index (χ4n) is 2.58. The summed E-state index contributed by atoms with van der Waals surface area (Å²) in [6.45, 7) is 5.38. The summed E-state index contributed by atoms with van der Waals surface area (Å²) >= 11 is 6.13. The van der Waals surface area contributed by atoms with E-state index in [1.165, 1.54) is 6.07 Å². The molecule has 24 heavy (non-hydrogen) atoms. The Balaban J connectivity index is 2.13. The van der Waals surface area contributed by atoms with E-state index in [1.807, 2.05) is 6.92 Å². The largest absolute Gasteiger partial charge is 0.492 e. The molecule has 1 N–H and O–H groups in total. The Morgan fingerprint density at radius 1 is 1.38 bits per heavy atom. The first-order chi connectivity index (χ1) is 11.4. The fourth-order valence-corrected chi connectivity index (χ4v) is 4.02. The third-order valence-corrected chi connectivity index (χ3v) is 5.90. The molecule has 1 aromatic rings. The van der Waals surface area contributed by atoms with Crippen LogP contribution in [-0.2, 0) is 14.8 Å². The normalized spacial score (nSPS) is 18.0. The summed E-state index contributed by atoms with van der Waals surface area (Å²) in [5.74, 6) is 0.354. The molecule has 0 saturated carbocycles. The molecule has 2 rings (SSSR count). The quantitative estimate of drug-likeness (QED) is 0.669. The van der Waals surface area contributed by atoms with Crippen molar-refractivity contribution in [3.05, 3.63) is 22.7 Å². The van der Waals surface area contributed by atoms with Gasteiger partial charge in [0.2, 0.25) is 10.0 Å². The SMILES string of the molecule is CCCCCOc1cc(C)c(Cl)cc1S(=O)(=O)NC[C@H]1CCCO1. The minimum absolute atomic E-state index is 0.0605.